The molecule has 0 fully saturated rings. The first-order chi connectivity index (χ1) is 6.67. The smallest absolute Gasteiger partial charge is 0.231 e. The largest absolute Gasteiger partial charge is 0.338 e. The molecule has 0 aliphatic carbocycles. The third-order valence-electron chi connectivity index (χ3n) is 2.23. The van der Waals surface area contributed by atoms with Crippen molar-refractivity contribution in [1.29, 1.82) is 0 Å². The summed E-state index contributed by atoms with van der Waals surface area (Å²) in [6.45, 7) is 5.67. The van der Waals surface area contributed by atoms with Gasteiger partial charge in [0, 0.05) is 18.9 Å². The standard InChI is InChI=1S/C10H16N2O2/c1-4-8(5-2)9-6-10(14-12-9)11-7(3)13/h6,8H,4-5H2,1-3H3,(H,11,13). The normalized spacial score (nSPS) is 10.6. The number of nitrogens with one attached hydrogen (secondary N) is 1. The van der Waals surface area contributed by atoms with Crippen molar-refractivity contribution in [2.75, 3.05) is 5.32 Å². The molecule has 14 heavy (non-hydrogen) atoms. The van der Waals surface area contributed by atoms with Gasteiger partial charge in [-0.3, -0.25) is 10.1 Å². The fourth-order valence-corrected chi connectivity index (χ4v) is 1.42. The van der Waals surface area contributed by atoms with E-state index < -0.39 is 0 Å². The van der Waals surface area contributed by atoms with Gasteiger partial charge in [-0.25, -0.2) is 0 Å². The number of hydrogen-bond donors (Lipinski definition) is 1. The second-order valence-corrected chi connectivity index (χ2v) is 3.31. The average molecular weight is 196 g/mol. The highest BCUT2D eigenvalue weighted by Gasteiger charge is 2.12. The van der Waals surface area contributed by atoms with Gasteiger partial charge in [0.25, 0.3) is 0 Å². The molecule has 0 bridgehead atoms. The van der Waals surface area contributed by atoms with Crippen molar-refractivity contribution in [1.82, 2.24) is 5.16 Å². The van der Waals surface area contributed by atoms with Gasteiger partial charge in [-0.1, -0.05) is 19.0 Å². The van der Waals surface area contributed by atoms with Gasteiger partial charge in [0.1, 0.15) is 0 Å². The predicted molar refractivity (Wildman–Crippen MR) is 54.1 cm³/mol. The van der Waals surface area contributed by atoms with Crippen LogP contribution < -0.4 is 5.32 Å². The van der Waals surface area contributed by atoms with E-state index in [4.69, 9.17) is 4.52 Å². The minimum Gasteiger partial charge on any atom is -0.338 e. The van der Waals surface area contributed by atoms with Gasteiger partial charge in [-0.05, 0) is 12.8 Å². The first-order valence-corrected chi connectivity index (χ1v) is 4.91. The molecule has 0 saturated carbocycles. The van der Waals surface area contributed by atoms with Crippen molar-refractivity contribution in [3.05, 3.63) is 11.8 Å². The van der Waals surface area contributed by atoms with Crippen molar-refractivity contribution in [2.24, 2.45) is 0 Å². The molecule has 4 nitrogen and oxygen atoms in total. The van der Waals surface area contributed by atoms with Gasteiger partial charge in [0.15, 0.2) is 0 Å². The maximum atomic E-state index is 10.7. The Morgan fingerprint density at radius 3 is 2.71 bits per heavy atom. The van der Waals surface area contributed by atoms with Crippen LogP contribution >= 0.6 is 0 Å². The molecule has 1 rings (SSSR count). The molecule has 0 saturated heterocycles. The summed E-state index contributed by atoms with van der Waals surface area (Å²) in [5, 5.41) is 6.48. The number of nitrogens with zero attached hydrogens (tertiary/aromatic N) is 1. The number of anilines is 1. The van der Waals surface area contributed by atoms with Gasteiger partial charge < -0.3 is 4.52 Å². The Morgan fingerprint density at radius 1 is 1.57 bits per heavy atom. The summed E-state index contributed by atoms with van der Waals surface area (Å²) in [7, 11) is 0. The Kier molecular flexibility index (Phi) is 3.68. The monoisotopic (exact) mass is 196 g/mol. The second kappa shape index (κ2) is 4.79. The van der Waals surface area contributed by atoms with Gasteiger partial charge in [0.05, 0.1) is 5.69 Å². The number of aromatic nitrogens is 1. The summed E-state index contributed by atoms with van der Waals surface area (Å²) in [6, 6.07) is 1.79. The van der Waals surface area contributed by atoms with Crippen molar-refractivity contribution in [3.63, 3.8) is 0 Å². The van der Waals surface area contributed by atoms with E-state index in [-0.39, 0.29) is 5.91 Å². The van der Waals surface area contributed by atoms with E-state index in [0.29, 0.717) is 11.8 Å². The molecule has 1 aromatic heterocycles. The lowest BCUT2D eigenvalue weighted by Gasteiger charge is -2.05. The zero-order valence-corrected chi connectivity index (χ0v) is 8.83. The van der Waals surface area contributed by atoms with Crippen LogP contribution in [0.3, 0.4) is 0 Å². The second-order valence-electron chi connectivity index (χ2n) is 3.31. The molecule has 1 amide bonds. The fraction of sp³-hybridized carbons (Fsp3) is 0.600. The Labute approximate surface area is 83.7 Å². The van der Waals surface area contributed by atoms with Gasteiger partial charge >= 0.3 is 0 Å². The topological polar surface area (TPSA) is 55.1 Å². The van der Waals surface area contributed by atoms with Crippen LogP contribution in [-0.2, 0) is 4.79 Å². The van der Waals surface area contributed by atoms with Crippen molar-refractivity contribution in [2.45, 2.75) is 39.5 Å². The molecule has 1 aromatic rings. The molecule has 0 radical (unpaired) electrons. The minimum absolute atomic E-state index is 0.141. The van der Waals surface area contributed by atoms with Crippen LogP contribution in [0.25, 0.3) is 0 Å². The zero-order chi connectivity index (χ0) is 10.6. The molecule has 1 N–H and O–H groups in total. The van der Waals surface area contributed by atoms with E-state index >= 15 is 0 Å². The third-order valence-corrected chi connectivity index (χ3v) is 2.23. The highest BCUT2D eigenvalue weighted by molar-refractivity contribution is 5.87. The van der Waals surface area contributed by atoms with Crippen LogP contribution in [0.15, 0.2) is 10.6 Å². The van der Waals surface area contributed by atoms with Crippen LogP contribution in [-0.4, -0.2) is 11.1 Å². The summed E-state index contributed by atoms with van der Waals surface area (Å²) in [5.41, 5.74) is 0.916. The molecule has 78 valence electrons. The van der Waals surface area contributed by atoms with Crippen molar-refractivity contribution < 1.29 is 9.32 Å². The van der Waals surface area contributed by atoms with Crippen LogP contribution in [0.1, 0.15) is 45.2 Å². The molecular formula is C10H16N2O2. The number of amides is 1. The fourth-order valence-electron chi connectivity index (χ4n) is 1.42. The summed E-state index contributed by atoms with van der Waals surface area (Å²) in [4.78, 5) is 10.7. The Hall–Kier alpha value is -1.32. The van der Waals surface area contributed by atoms with E-state index in [0.717, 1.165) is 18.5 Å². The minimum atomic E-state index is -0.141. The Balaban J connectivity index is 2.71. The number of hydrogen-bond acceptors (Lipinski definition) is 3. The quantitative estimate of drug-likeness (QED) is 0.805. The number of rotatable bonds is 4. The first-order valence-electron chi connectivity index (χ1n) is 4.91. The summed E-state index contributed by atoms with van der Waals surface area (Å²) in [6.07, 6.45) is 2.06. The van der Waals surface area contributed by atoms with Crippen LogP contribution in [0.5, 0.6) is 0 Å². The summed E-state index contributed by atoms with van der Waals surface area (Å²) >= 11 is 0. The molecule has 1 heterocycles. The molecule has 0 atom stereocenters. The molecular weight excluding hydrogens is 180 g/mol. The lowest BCUT2D eigenvalue weighted by Crippen LogP contribution is -2.04. The van der Waals surface area contributed by atoms with E-state index in [1.54, 1.807) is 6.07 Å². The van der Waals surface area contributed by atoms with Gasteiger partial charge in [-0.2, -0.15) is 0 Å². The predicted octanol–water partition coefficient (Wildman–Crippen LogP) is 2.54. The van der Waals surface area contributed by atoms with Crippen molar-refractivity contribution in [3.8, 4) is 0 Å². The van der Waals surface area contributed by atoms with E-state index in [1.165, 1.54) is 6.92 Å². The lowest BCUT2D eigenvalue weighted by molar-refractivity contribution is -0.114. The van der Waals surface area contributed by atoms with Crippen LogP contribution in [0, 0.1) is 0 Å². The molecule has 0 aliphatic rings. The van der Waals surface area contributed by atoms with E-state index in [1.807, 2.05) is 0 Å². The Morgan fingerprint density at radius 2 is 2.21 bits per heavy atom. The summed E-state index contributed by atoms with van der Waals surface area (Å²) in [5.74, 6) is 0.706. The molecule has 0 spiro atoms. The Bertz CT molecular complexity index is 303. The lowest BCUT2D eigenvalue weighted by atomic mass is 10.00. The SMILES string of the molecule is CCC(CC)c1cc(NC(C)=O)on1. The van der Waals surface area contributed by atoms with Crippen LogP contribution in [0.4, 0.5) is 5.88 Å². The molecule has 4 heteroatoms. The first kappa shape index (κ1) is 10.8. The third kappa shape index (κ3) is 2.58. The zero-order valence-electron chi connectivity index (χ0n) is 8.83. The van der Waals surface area contributed by atoms with Gasteiger partial charge in [-0.15, -0.1) is 0 Å². The maximum absolute atomic E-state index is 10.7. The highest BCUT2D eigenvalue weighted by atomic mass is 16.5. The maximum Gasteiger partial charge on any atom is 0.231 e. The highest BCUT2D eigenvalue weighted by Crippen LogP contribution is 2.24. The van der Waals surface area contributed by atoms with E-state index in [9.17, 15) is 4.79 Å². The molecule has 0 aromatic carbocycles. The number of carbonyl (C=O) groups is 1. The van der Waals surface area contributed by atoms with Gasteiger partial charge in [0.2, 0.25) is 11.8 Å². The molecule has 0 aliphatic heterocycles. The molecule has 0 unspecified atom stereocenters. The average Bonchev–Trinajstić information content (AvgIpc) is 2.54. The summed E-state index contributed by atoms with van der Waals surface area (Å²) < 4.78 is 4.98. The van der Waals surface area contributed by atoms with Crippen LogP contribution in [0.2, 0.25) is 0 Å². The number of carbonyl (C=O) groups excluding carboxylic acids is 1. The van der Waals surface area contributed by atoms with Crippen molar-refractivity contribution >= 4 is 11.8 Å². The van der Waals surface area contributed by atoms with E-state index in [2.05, 4.69) is 24.3 Å².